The Morgan fingerprint density at radius 3 is 2.72 bits per heavy atom. The van der Waals surface area contributed by atoms with Crippen LogP contribution in [0.4, 0.5) is 14.4 Å². The van der Waals surface area contributed by atoms with E-state index in [1.54, 1.807) is 6.92 Å². The molecule has 2 aliphatic rings. The van der Waals surface area contributed by atoms with Crippen molar-refractivity contribution in [1.82, 2.24) is 30.4 Å². The number of rotatable bonds is 5. The molecular weight excluding hydrogens is 414 g/mol. The van der Waals surface area contributed by atoms with Gasteiger partial charge in [-0.05, 0) is 6.92 Å². The van der Waals surface area contributed by atoms with Gasteiger partial charge in [0.2, 0.25) is 0 Å². The highest BCUT2D eigenvalue weighted by molar-refractivity contribution is 7.80. The van der Waals surface area contributed by atoms with Crippen LogP contribution in [0, 0.1) is 5.41 Å². The fourth-order valence-electron chi connectivity index (χ4n) is 3.35. The molecule has 3 rings (SSSR count). The maximum atomic E-state index is 12.7. The Bertz CT molecular complexity index is 989. The average molecular weight is 431 g/mol. The fraction of sp³-hybridized carbons (Fsp3) is 0.462. The van der Waals surface area contributed by atoms with Crippen molar-refractivity contribution in [1.29, 1.82) is 5.41 Å². The predicted molar refractivity (Wildman–Crippen MR) is 92.3 cm³/mol. The van der Waals surface area contributed by atoms with Gasteiger partial charge in [0.25, 0.3) is 0 Å². The van der Waals surface area contributed by atoms with E-state index in [0.717, 1.165) is 9.58 Å². The van der Waals surface area contributed by atoms with Crippen molar-refractivity contribution >= 4 is 34.4 Å². The molecule has 1 fully saturated rings. The number of carbonyl (C=O) groups is 3. The molecule has 29 heavy (non-hydrogen) atoms. The number of carboxylic acid groups (broad SMARTS) is 1. The SMILES string of the molecule is CCNC(=O)n1ncc2c1[C@@H](CC(=N)NC(=O)O)N1C[C@H]2N(OS(=O)(=O)O)C1=O. The van der Waals surface area contributed by atoms with Gasteiger partial charge in [0.05, 0.1) is 24.5 Å². The summed E-state index contributed by atoms with van der Waals surface area (Å²) < 4.78 is 36.6. The first kappa shape index (κ1) is 20.5. The van der Waals surface area contributed by atoms with Crippen molar-refractivity contribution in [3.8, 4) is 0 Å². The zero-order chi connectivity index (χ0) is 21.5. The van der Waals surface area contributed by atoms with Gasteiger partial charge in [-0.3, -0.25) is 15.3 Å². The van der Waals surface area contributed by atoms with E-state index in [4.69, 9.17) is 15.1 Å². The molecule has 4 amide bonds. The zero-order valence-electron chi connectivity index (χ0n) is 14.9. The van der Waals surface area contributed by atoms with Crippen LogP contribution in [0.15, 0.2) is 6.20 Å². The van der Waals surface area contributed by atoms with Crippen molar-refractivity contribution in [3.63, 3.8) is 0 Å². The van der Waals surface area contributed by atoms with E-state index >= 15 is 0 Å². The van der Waals surface area contributed by atoms with Crippen LogP contribution < -0.4 is 10.6 Å². The minimum atomic E-state index is -5.02. The van der Waals surface area contributed by atoms with Gasteiger partial charge in [-0.15, -0.1) is 4.28 Å². The van der Waals surface area contributed by atoms with Gasteiger partial charge in [0.15, 0.2) is 0 Å². The molecule has 0 aromatic carbocycles. The average Bonchev–Trinajstić information content (AvgIpc) is 3.13. The second-order valence-electron chi connectivity index (χ2n) is 6.14. The summed E-state index contributed by atoms with van der Waals surface area (Å²) in [5, 5.41) is 25.4. The van der Waals surface area contributed by atoms with E-state index in [2.05, 4.69) is 14.7 Å². The molecule has 0 unspecified atom stereocenters. The molecule has 0 spiro atoms. The van der Waals surface area contributed by atoms with E-state index < -0.39 is 46.5 Å². The van der Waals surface area contributed by atoms with Crippen LogP contribution in [-0.2, 0) is 14.7 Å². The van der Waals surface area contributed by atoms with Crippen LogP contribution in [-0.4, -0.2) is 74.9 Å². The Balaban J connectivity index is 2.05. The summed E-state index contributed by atoms with van der Waals surface area (Å²) in [6, 6.07) is -3.60. The van der Waals surface area contributed by atoms with Crippen molar-refractivity contribution in [2.24, 2.45) is 0 Å². The monoisotopic (exact) mass is 431 g/mol. The van der Waals surface area contributed by atoms with Crippen LogP contribution in [0.5, 0.6) is 0 Å². The molecule has 1 saturated heterocycles. The Labute approximate surface area is 163 Å². The van der Waals surface area contributed by atoms with Crippen LogP contribution in [0.2, 0.25) is 0 Å². The third-order valence-electron chi connectivity index (χ3n) is 4.32. The predicted octanol–water partition coefficient (Wildman–Crippen LogP) is -0.337. The van der Waals surface area contributed by atoms with Gasteiger partial charge in [0, 0.05) is 18.5 Å². The van der Waals surface area contributed by atoms with Crippen LogP contribution in [0.3, 0.4) is 0 Å². The van der Waals surface area contributed by atoms with E-state index in [9.17, 15) is 22.8 Å². The smallest absolute Gasteiger partial charge is 0.418 e. The molecule has 1 aromatic rings. The largest absolute Gasteiger partial charge is 0.465 e. The fourth-order valence-corrected chi connectivity index (χ4v) is 3.72. The van der Waals surface area contributed by atoms with E-state index in [1.165, 1.54) is 6.20 Å². The number of hydrogen-bond acceptors (Lipinski definition) is 8. The minimum absolute atomic E-state index is 0.0898. The molecular formula is C13H17N7O8S. The third kappa shape index (κ3) is 3.84. The van der Waals surface area contributed by atoms with Gasteiger partial charge in [-0.2, -0.15) is 23.3 Å². The number of urea groups is 1. The molecule has 1 aromatic heterocycles. The Hall–Kier alpha value is -3.24. The van der Waals surface area contributed by atoms with Gasteiger partial charge in [0.1, 0.15) is 11.9 Å². The highest BCUT2D eigenvalue weighted by atomic mass is 32.3. The molecule has 5 N–H and O–H groups in total. The van der Waals surface area contributed by atoms with Crippen molar-refractivity contribution in [3.05, 3.63) is 17.5 Å². The first-order valence-corrected chi connectivity index (χ1v) is 9.60. The number of nitrogens with one attached hydrogen (secondary N) is 3. The van der Waals surface area contributed by atoms with Crippen molar-refractivity contribution in [2.45, 2.75) is 25.4 Å². The molecule has 2 aliphatic heterocycles. The maximum Gasteiger partial charge on any atom is 0.418 e. The van der Waals surface area contributed by atoms with Crippen molar-refractivity contribution in [2.75, 3.05) is 13.1 Å². The number of fused-ring (bicyclic) bond motifs is 4. The zero-order valence-corrected chi connectivity index (χ0v) is 15.7. The topological polar surface area (TPSA) is 207 Å². The number of hydrogen-bond donors (Lipinski definition) is 5. The van der Waals surface area contributed by atoms with Crippen molar-refractivity contribution < 1.29 is 36.7 Å². The highest BCUT2D eigenvalue weighted by Gasteiger charge is 2.52. The summed E-state index contributed by atoms with van der Waals surface area (Å²) in [5.74, 6) is -0.461. The summed E-state index contributed by atoms with van der Waals surface area (Å²) in [7, 11) is -5.02. The van der Waals surface area contributed by atoms with Gasteiger partial charge >= 0.3 is 28.6 Å². The normalized spacial score (nSPS) is 20.4. The lowest BCUT2D eigenvalue weighted by atomic mass is 9.95. The lowest BCUT2D eigenvalue weighted by molar-refractivity contribution is -0.0317. The molecule has 0 radical (unpaired) electrons. The van der Waals surface area contributed by atoms with Gasteiger partial charge < -0.3 is 15.3 Å². The van der Waals surface area contributed by atoms with Crippen LogP contribution in [0.1, 0.15) is 36.7 Å². The molecule has 15 nitrogen and oxygen atoms in total. The third-order valence-corrected chi connectivity index (χ3v) is 4.67. The van der Waals surface area contributed by atoms with Crippen LogP contribution >= 0.6 is 0 Å². The number of amidine groups is 1. The Kier molecular flexibility index (Phi) is 5.16. The molecule has 16 heteroatoms. The van der Waals surface area contributed by atoms with Crippen LogP contribution in [0.25, 0.3) is 0 Å². The van der Waals surface area contributed by atoms with E-state index in [0.29, 0.717) is 5.06 Å². The molecule has 2 atom stereocenters. The second-order valence-corrected chi connectivity index (χ2v) is 7.14. The molecule has 0 aliphatic carbocycles. The molecule has 0 saturated carbocycles. The Morgan fingerprint density at radius 1 is 1.45 bits per heavy atom. The summed E-state index contributed by atoms with van der Waals surface area (Å²) in [6.07, 6.45) is -0.569. The minimum Gasteiger partial charge on any atom is -0.465 e. The second kappa shape index (κ2) is 7.30. The number of hydroxylamine groups is 2. The maximum absolute atomic E-state index is 12.7. The first-order chi connectivity index (χ1) is 13.5. The van der Waals surface area contributed by atoms with Gasteiger partial charge in [-0.1, -0.05) is 0 Å². The standard InChI is InChI=1S/C13H17N7O8S/c1-2-15-11(21)19-10-6(4-16-19)8-5-18(7(10)3-9(14)17-12(22)23)13(24)20(8)28-29(25,26)27/h4,7-8H,2-3,5H2,1H3,(H2,14,17)(H,15,21)(H,22,23)(H,25,26,27)/t7-,8-/m1/s1. The molecule has 158 valence electrons. The number of carbonyl (C=O) groups excluding carboxylic acids is 2. The lowest BCUT2D eigenvalue weighted by Crippen LogP contribution is -2.41. The van der Waals surface area contributed by atoms with Gasteiger partial charge in [-0.25, -0.2) is 14.4 Å². The number of nitrogens with zero attached hydrogens (tertiary/aromatic N) is 4. The van der Waals surface area contributed by atoms with E-state index in [-0.39, 0.29) is 30.8 Å². The molecule has 2 bridgehead atoms. The summed E-state index contributed by atoms with van der Waals surface area (Å²) in [6.45, 7) is 1.86. The highest BCUT2D eigenvalue weighted by Crippen LogP contribution is 2.45. The molecule has 3 heterocycles. The number of amides is 4. The quantitative estimate of drug-likeness (QED) is 0.234. The number of aromatic nitrogens is 2. The lowest BCUT2D eigenvalue weighted by Gasteiger charge is -2.31. The Morgan fingerprint density at radius 2 is 2.14 bits per heavy atom. The summed E-state index contributed by atoms with van der Waals surface area (Å²) >= 11 is 0. The first-order valence-electron chi connectivity index (χ1n) is 8.23. The van der Waals surface area contributed by atoms with E-state index in [1.807, 2.05) is 5.32 Å². The summed E-state index contributed by atoms with van der Waals surface area (Å²) in [4.78, 5) is 36.9. The summed E-state index contributed by atoms with van der Waals surface area (Å²) in [5.41, 5.74) is 0.425.